The Kier molecular flexibility index (Phi) is 3.23. The quantitative estimate of drug-likeness (QED) is 0.801. The first kappa shape index (κ1) is 14.4. The number of nitrogens with one attached hydrogen (secondary N) is 1. The highest BCUT2D eigenvalue weighted by Gasteiger charge is 2.41. The molecule has 118 valence electrons. The minimum absolute atomic E-state index is 0.117. The number of rotatable bonds is 3. The molecule has 0 aliphatic heterocycles. The third-order valence-electron chi connectivity index (χ3n) is 4.33. The maximum Gasteiger partial charge on any atom is 0.261 e. The summed E-state index contributed by atoms with van der Waals surface area (Å²) in [7, 11) is 1.88. The predicted octanol–water partition coefficient (Wildman–Crippen LogP) is 3.37. The molecule has 0 radical (unpaired) electrons. The van der Waals surface area contributed by atoms with Gasteiger partial charge < -0.3 is 5.32 Å². The van der Waals surface area contributed by atoms with Crippen molar-refractivity contribution in [1.29, 1.82) is 0 Å². The van der Waals surface area contributed by atoms with Crippen LogP contribution >= 0.6 is 11.3 Å². The van der Waals surface area contributed by atoms with E-state index in [1.54, 1.807) is 17.7 Å². The number of aryl methyl sites for hydroxylation is 2. The minimum Gasteiger partial charge on any atom is -0.348 e. The topological polar surface area (TPSA) is 46.9 Å². The van der Waals surface area contributed by atoms with Crippen LogP contribution in [0.4, 0.5) is 4.39 Å². The van der Waals surface area contributed by atoms with Crippen LogP contribution in [0, 0.1) is 12.7 Å². The summed E-state index contributed by atoms with van der Waals surface area (Å²) >= 11 is 1.35. The second-order valence-corrected chi connectivity index (χ2v) is 7.06. The molecule has 1 saturated carbocycles. The fourth-order valence-corrected chi connectivity index (χ4v) is 4.14. The van der Waals surface area contributed by atoms with Crippen molar-refractivity contribution in [3.63, 3.8) is 0 Å². The molecule has 0 spiro atoms. The molecule has 0 unspecified atom stereocenters. The van der Waals surface area contributed by atoms with Crippen molar-refractivity contribution in [2.24, 2.45) is 7.05 Å². The predicted molar refractivity (Wildman–Crippen MR) is 88.3 cm³/mol. The lowest BCUT2D eigenvalue weighted by molar-refractivity contribution is 0.0954. The molecule has 1 aliphatic rings. The Hall–Kier alpha value is -2.21. The van der Waals surface area contributed by atoms with Gasteiger partial charge in [-0.25, -0.2) is 4.39 Å². The first-order valence-electron chi connectivity index (χ1n) is 7.52. The Balaban J connectivity index is 1.54. The summed E-state index contributed by atoms with van der Waals surface area (Å²) in [5.41, 5.74) is 1.73. The van der Waals surface area contributed by atoms with E-state index >= 15 is 0 Å². The molecule has 3 aromatic rings. The summed E-state index contributed by atoms with van der Waals surface area (Å²) in [6.07, 6.45) is 2.81. The first-order chi connectivity index (χ1) is 11.0. The number of fused-ring (bicyclic) bond motifs is 1. The molecule has 1 fully saturated rings. The standard InChI is InChI=1S/C17H16FN3OS/c1-9-15-11(18)4-3-5-14(15)23-16(9)17(22)19-13-8-10(13)12-6-7-21(2)20-12/h3-7,10,13H,8H2,1-2H3,(H,19,22)/t10-,13+/m0/s1. The van der Waals surface area contributed by atoms with Crippen LogP contribution in [0.1, 0.15) is 33.3 Å². The molecule has 1 amide bonds. The Labute approximate surface area is 136 Å². The zero-order chi connectivity index (χ0) is 16.1. The third-order valence-corrected chi connectivity index (χ3v) is 5.59. The van der Waals surface area contributed by atoms with Gasteiger partial charge in [0, 0.05) is 35.3 Å². The van der Waals surface area contributed by atoms with E-state index in [1.807, 2.05) is 25.4 Å². The summed E-state index contributed by atoms with van der Waals surface area (Å²) in [5, 5.41) is 7.99. The number of benzene rings is 1. The molecule has 0 saturated heterocycles. The molecule has 1 aromatic carbocycles. The SMILES string of the molecule is Cc1c(C(=O)N[C@@H]2C[C@H]2c2ccn(C)n2)sc2cccc(F)c12. The van der Waals surface area contributed by atoms with Crippen LogP contribution in [0.5, 0.6) is 0 Å². The van der Waals surface area contributed by atoms with Crippen molar-refractivity contribution in [3.05, 3.63) is 52.4 Å². The lowest BCUT2D eigenvalue weighted by Crippen LogP contribution is -2.26. The van der Waals surface area contributed by atoms with Crippen molar-refractivity contribution < 1.29 is 9.18 Å². The Morgan fingerprint density at radius 1 is 1.43 bits per heavy atom. The van der Waals surface area contributed by atoms with E-state index in [-0.39, 0.29) is 23.7 Å². The van der Waals surface area contributed by atoms with E-state index in [2.05, 4.69) is 10.4 Å². The zero-order valence-electron chi connectivity index (χ0n) is 12.8. The number of amides is 1. The molecule has 4 nitrogen and oxygen atoms in total. The number of carbonyl (C=O) groups is 1. The van der Waals surface area contributed by atoms with Gasteiger partial charge in [-0.15, -0.1) is 11.3 Å². The van der Waals surface area contributed by atoms with Crippen LogP contribution in [-0.2, 0) is 7.05 Å². The fraction of sp³-hybridized carbons (Fsp3) is 0.294. The molecule has 23 heavy (non-hydrogen) atoms. The van der Waals surface area contributed by atoms with Gasteiger partial charge >= 0.3 is 0 Å². The molecule has 2 aromatic heterocycles. The van der Waals surface area contributed by atoms with Crippen molar-refractivity contribution in [1.82, 2.24) is 15.1 Å². The lowest BCUT2D eigenvalue weighted by atomic mass is 10.1. The number of hydrogen-bond donors (Lipinski definition) is 1. The zero-order valence-corrected chi connectivity index (χ0v) is 13.7. The molecular formula is C17H16FN3OS. The number of nitrogens with zero attached hydrogens (tertiary/aromatic N) is 2. The molecule has 1 aliphatic carbocycles. The highest BCUT2D eigenvalue weighted by atomic mass is 32.1. The molecule has 1 N–H and O–H groups in total. The number of halogens is 1. The molecule has 4 rings (SSSR count). The van der Waals surface area contributed by atoms with E-state index in [0.29, 0.717) is 10.3 Å². The summed E-state index contributed by atoms with van der Waals surface area (Å²) < 4.78 is 16.5. The number of thiophene rings is 1. The summed E-state index contributed by atoms with van der Waals surface area (Å²) in [6, 6.07) is 7.05. The average Bonchev–Trinajstić information content (AvgIpc) is 2.97. The van der Waals surface area contributed by atoms with E-state index in [0.717, 1.165) is 22.4 Å². The smallest absolute Gasteiger partial charge is 0.261 e. The summed E-state index contributed by atoms with van der Waals surface area (Å²) in [6.45, 7) is 1.81. The van der Waals surface area contributed by atoms with Gasteiger partial charge in [-0.2, -0.15) is 5.10 Å². The fourth-order valence-electron chi connectivity index (χ4n) is 3.02. The van der Waals surface area contributed by atoms with Crippen molar-refractivity contribution in [3.8, 4) is 0 Å². The van der Waals surface area contributed by atoms with Crippen LogP contribution in [0.25, 0.3) is 10.1 Å². The van der Waals surface area contributed by atoms with Gasteiger partial charge in [0.25, 0.3) is 5.91 Å². The minimum atomic E-state index is -0.270. The van der Waals surface area contributed by atoms with Crippen LogP contribution in [0.2, 0.25) is 0 Å². The Morgan fingerprint density at radius 3 is 2.96 bits per heavy atom. The molecular weight excluding hydrogens is 313 g/mol. The van der Waals surface area contributed by atoms with Gasteiger partial charge in [0.1, 0.15) is 5.82 Å². The highest BCUT2D eigenvalue weighted by molar-refractivity contribution is 7.21. The van der Waals surface area contributed by atoms with Crippen molar-refractivity contribution >= 4 is 27.3 Å². The Bertz CT molecular complexity index is 914. The van der Waals surface area contributed by atoms with Gasteiger partial charge in [-0.3, -0.25) is 9.48 Å². The van der Waals surface area contributed by atoms with Crippen molar-refractivity contribution in [2.45, 2.75) is 25.3 Å². The van der Waals surface area contributed by atoms with E-state index < -0.39 is 0 Å². The van der Waals surface area contributed by atoms with Gasteiger partial charge in [0.15, 0.2) is 0 Å². The summed E-state index contributed by atoms with van der Waals surface area (Å²) in [4.78, 5) is 13.1. The summed E-state index contributed by atoms with van der Waals surface area (Å²) in [5.74, 6) is -0.105. The van der Waals surface area contributed by atoms with Crippen LogP contribution in [0.15, 0.2) is 30.5 Å². The van der Waals surface area contributed by atoms with Crippen molar-refractivity contribution in [2.75, 3.05) is 0 Å². The molecule has 6 heteroatoms. The first-order valence-corrected chi connectivity index (χ1v) is 8.34. The Morgan fingerprint density at radius 2 is 2.26 bits per heavy atom. The molecule has 2 heterocycles. The monoisotopic (exact) mass is 329 g/mol. The van der Waals surface area contributed by atoms with Crippen LogP contribution in [0.3, 0.4) is 0 Å². The maximum absolute atomic E-state index is 13.9. The van der Waals surface area contributed by atoms with Gasteiger partial charge in [-0.1, -0.05) is 6.07 Å². The van der Waals surface area contributed by atoms with Gasteiger partial charge in [-0.05, 0) is 37.1 Å². The number of hydrogen-bond acceptors (Lipinski definition) is 3. The molecule has 2 atom stereocenters. The van der Waals surface area contributed by atoms with E-state index in [1.165, 1.54) is 17.4 Å². The number of carbonyl (C=O) groups excluding carboxylic acids is 1. The lowest BCUT2D eigenvalue weighted by Gasteiger charge is -2.03. The van der Waals surface area contributed by atoms with Gasteiger partial charge in [0.2, 0.25) is 0 Å². The van der Waals surface area contributed by atoms with E-state index in [9.17, 15) is 9.18 Å². The second-order valence-electron chi connectivity index (χ2n) is 6.01. The van der Waals surface area contributed by atoms with Crippen LogP contribution in [-0.4, -0.2) is 21.7 Å². The average molecular weight is 329 g/mol. The van der Waals surface area contributed by atoms with Crippen LogP contribution < -0.4 is 5.32 Å². The van der Waals surface area contributed by atoms with E-state index in [4.69, 9.17) is 0 Å². The normalized spacial score (nSPS) is 20.0. The number of aromatic nitrogens is 2. The maximum atomic E-state index is 13.9. The highest BCUT2D eigenvalue weighted by Crippen LogP contribution is 2.40. The van der Waals surface area contributed by atoms with Gasteiger partial charge in [0.05, 0.1) is 10.6 Å². The second kappa shape index (κ2) is 5.16. The molecule has 0 bridgehead atoms. The largest absolute Gasteiger partial charge is 0.348 e. The third kappa shape index (κ3) is 2.43.